The van der Waals surface area contributed by atoms with Crippen molar-refractivity contribution < 1.29 is 17.5 Å². The summed E-state index contributed by atoms with van der Waals surface area (Å²) >= 11 is 1.04. The van der Waals surface area contributed by atoms with Crippen LogP contribution in [0.25, 0.3) is 0 Å². The number of hydrogen-bond donors (Lipinski definition) is 2. The molecule has 1 aromatic heterocycles. The number of sulfone groups is 1. The Labute approximate surface area is 116 Å². The zero-order chi connectivity index (χ0) is 13.7. The molecule has 2 aromatic rings. The Bertz CT molecular complexity index is 709. The minimum absolute atomic E-state index is 0.0180. The molecule has 0 spiro atoms. The third kappa shape index (κ3) is 2.00. The number of benzene rings is 1. The molecule has 0 amide bonds. The predicted molar refractivity (Wildman–Crippen MR) is 74.5 cm³/mol. The van der Waals surface area contributed by atoms with Crippen LogP contribution in [0.1, 0.15) is 10.8 Å². The summed E-state index contributed by atoms with van der Waals surface area (Å²) in [6.45, 7) is 0. The molecule has 19 heavy (non-hydrogen) atoms. The lowest BCUT2D eigenvalue weighted by molar-refractivity contribution is 0.491. The zero-order valence-electron chi connectivity index (χ0n) is 9.63. The van der Waals surface area contributed by atoms with Gasteiger partial charge in [0, 0.05) is 11.6 Å². The highest BCUT2D eigenvalue weighted by molar-refractivity contribution is 8.25. The van der Waals surface area contributed by atoms with Gasteiger partial charge in [0.2, 0.25) is 14.2 Å². The number of rotatable bonds is 2. The second kappa shape index (κ2) is 4.29. The first-order chi connectivity index (χ1) is 8.93. The van der Waals surface area contributed by atoms with Crippen molar-refractivity contribution in [3.63, 3.8) is 0 Å². The summed E-state index contributed by atoms with van der Waals surface area (Å²) in [5.74, 6) is -0.186. The Morgan fingerprint density at radius 2 is 2.05 bits per heavy atom. The summed E-state index contributed by atoms with van der Waals surface area (Å²) in [5.41, 5.74) is 0.470. The third-order valence-corrected chi connectivity index (χ3v) is 8.43. The van der Waals surface area contributed by atoms with Crippen LogP contribution in [0.15, 0.2) is 45.1 Å². The van der Waals surface area contributed by atoms with Crippen molar-refractivity contribution in [3.05, 3.63) is 41.4 Å². The maximum Gasteiger partial charge on any atom is 0.213 e. The minimum Gasteiger partial charge on any atom is -0.295 e. The first-order valence-corrected chi connectivity index (χ1v) is 9.55. The smallest absolute Gasteiger partial charge is 0.213 e. The van der Waals surface area contributed by atoms with E-state index in [-0.39, 0.29) is 10.1 Å². The van der Waals surface area contributed by atoms with Crippen LogP contribution in [0.4, 0.5) is 0 Å². The van der Waals surface area contributed by atoms with Gasteiger partial charge in [0.05, 0.1) is 10.6 Å². The van der Waals surface area contributed by atoms with E-state index in [9.17, 15) is 17.5 Å². The fourth-order valence-electron chi connectivity index (χ4n) is 2.16. The van der Waals surface area contributed by atoms with E-state index in [4.69, 9.17) is 0 Å². The van der Waals surface area contributed by atoms with Crippen molar-refractivity contribution in [2.24, 2.45) is 0 Å². The Kier molecular flexibility index (Phi) is 2.95. The van der Waals surface area contributed by atoms with E-state index in [1.807, 2.05) is 0 Å². The van der Waals surface area contributed by atoms with E-state index >= 15 is 0 Å². The fourth-order valence-corrected chi connectivity index (χ4v) is 7.59. The van der Waals surface area contributed by atoms with Crippen molar-refractivity contribution in [1.29, 1.82) is 0 Å². The van der Waals surface area contributed by atoms with Crippen LogP contribution >= 0.6 is 21.9 Å². The Hall–Kier alpha value is -0.930. The van der Waals surface area contributed by atoms with Gasteiger partial charge in [0.1, 0.15) is 5.25 Å². The van der Waals surface area contributed by atoms with Gasteiger partial charge in [-0.05, 0) is 11.6 Å². The molecule has 1 aromatic carbocycles. The van der Waals surface area contributed by atoms with Crippen LogP contribution in [0.3, 0.4) is 0 Å². The lowest BCUT2D eigenvalue weighted by atomic mass is 10.2. The lowest BCUT2D eigenvalue weighted by Gasteiger charge is -2.27. The van der Waals surface area contributed by atoms with Crippen LogP contribution in [0.5, 0.6) is 0 Å². The summed E-state index contributed by atoms with van der Waals surface area (Å²) in [5, 5.41) is 0.658. The monoisotopic (exact) mass is 317 g/mol. The second-order valence-corrected chi connectivity index (χ2v) is 9.51. The highest BCUT2D eigenvalue weighted by Gasteiger charge is 2.43. The van der Waals surface area contributed by atoms with Gasteiger partial charge >= 0.3 is 0 Å². The molecule has 0 fully saturated rings. The van der Waals surface area contributed by atoms with E-state index in [0.29, 0.717) is 10.5 Å². The molecule has 0 radical (unpaired) electrons. The van der Waals surface area contributed by atoms with Crippen LogP contribution in [-0.4, -0.2) is 28.3 Å². The van der Waals surface area contributed by atoms with Crippen LogP contribution < -0.4 is 0 Å². The second-order valence-electron chi connectivity index (χ2n) is 4.20. The van der Waals surface area contributed by atoms with Crippen molar-refractivity contribution in [1.82, 2.24) is 4.98 Å². The molecular formula is C11H11NO4S3. The Balaban J connectivity index is 2.15. The summed E-state index contributed by atoms with van der Waals surface area (Å²) in [6, 6.07) is 6.57. The maximum atomic E-state index is 12.5. The van der Waals surface area contributed by atoms with Crippen molar-refractivity contribution in [2.75, 3.05) is 5.75 Å². The van der Waals surface area contributed by atoms with Crippen molar-refractivity contribution in [3.8, 4) is 0 Å². The molecule has 0 saturated carbocycles. The normalized spacial score (nSPS) is 22.9. The van der Waals surface area contributed by atoms with Gasteiger partial charge in [0.25, 0.3) is 0 Å². The lowest BCUT2D eigenvalue weighted by Crippen LogP contribution is -2.14. The molecule has 0 saturated heterocycles. The molecule has 1 unspecified atom stereocenters. The van der Waals surface area contributed by atoms with Gasteiger partial charge in [-0.25, -0.2) is 13.4 Å². The summed E-state index contributed by atoms with van der Waals surface area (Å²) in [7, 11) is -6.70. The quantitative estimate of drug-likeness (QED) is 0.889. The zero-order valence-corrected chi connectivity index (χ0v) is 12.1. The van der Waals surface area contributed by atoms with E-state index in [1.54, 1.807) is 29.6 Å². The molecule has 1 aliphatic rings. The number of fused-ring (bicyclic) bond motifs is 1. The van der Waals surface area contributed by atoms with Crippen LogP contribution in [-0.2, 0) is 9.84 Å². The van der Waals surface area contributed by atoms with E-state index < -0.39 is 25.7 Å². The van der Waals surface area contributed by atoms with Gasteiger partial charge in [0.15, 0.2) is 0 Å². The van der Waals surface area contributed by atoms with Gasteiger partial charge in [-0.15, -0.1) is 11.3 Å². The van der Waals surface area contributed by atoms with Gasteiger partial charge in [-0.2, -0.15) is 10.6 Å². The average molecular weight is 317 g/mol. The Morgan fingerprint density at radius 3 is 2.74 bits per heavy atom. The van der Waals surface area contributed by atoms with Gasteiger partial charge < -0.3 is 0 Å². The number of aromatic nitrogens is 1. The standard InChI is InChI=1S/C11H11NO4S3/c13-18(14)7-10(8-3-1-2-4-9(8)18)19(15,16)11-12-5-6-17-11/h1-6,10,13-14H,7H2. The summed E-state index contributed by atoms with van der Waals surface area (Å²) in [4.78, 5) is 4.16. The van der Waals surface area contributed by atoms with Crippen LogP contribution in [0.2, 0.25) is 0 Å². The molecule has 1 aliphatic heterocycles. The molecule has 8 heteroatoms. The molecule has 0 aliphatic carbocycles. The number of thiazole rings is 1. The summed E-state index contributed by atoms with van der Waals surface area (Å²) < 4.78 is 45.1. The first kappa shape index (κ1) is 13.1. The first-order valence-electron chi connectivity index (χ1n) is 5.41. The molecule has 102 valence electrons. The molecule has 2 N–H and O–H groups in total. The van der Waals surface area contributed by atoms with E-state index in [0.717, 1.165) is 11.3 Å². The third-order valence-electron chi connectivity index (χ3n) is 3.03. The summed E-state index contributed by atoms with van der Waals surface area (Å²) in [6.07, 6.45) is 1.43. The number of hydrogen-bond acceptors (Lipinski definition) is 6. The average Bonchev–Trinajstić information content (AvgIpc) is 2.97. The molecular weight excluding hydrogens is 306 g/mol. The van der Waals surface area contributed by atoms with Crippen molar-refractivity contribution >= 4 is 31.8 Å². The van der Waals surface area contributed by atoms with Crippen LogP contribution in [0, 0.1) is 0 Å². The SMILES string of the molecule is O=S(=O)(c1nccs1)C1CS(O)(O)c2ccccc21. The molecule has 2 heterocycles. The topological polar surface area (TPSA) is 87.5 Å². The van der Waals surface area contributed by atoms with Gasteiger partial charge in [-0.3, -0.25) is 9.11 Å². The van der Waals surface area contributed by atoms with E-state index in [2.05, 4.69) is 4.98 Å². The van der Waals surface area contributed by atoms with Gasteiger partial charge in [-0.1, -0.05) is 18.2 Å². The molecule has 5 nitrogen and oxygen atoms in total. The highest BCUT2D eigenvalue weighted by Crippen LogP contribution is 2.61. The van der Waals surface area contributed by atoms with E-state index in [1.165, 1.54) is 6.20 Å². The minimum atomic E-state index is -3.67. The Morgan fingerprint density at radius 1 is 1.32 bits per heavy atom. The molecule has 0 bridgehead atoms. The fraction of sp³-hybridized carbons (Fsp3) is 0.182. The highest BCUT2D eigenvalue weighted by atomic mass is 32.3. The van der Waals surface area contributed by atoms with Crippen molar-refractivity contribution in [2.45, 2.75) is 14.5 Å². The molecule has 3 rings (SSSR count). The predicted octanol–water partition coefficient (Wildman–Crippen LogP) is 2.78. The maximum absolute atomic E-state index is 12.5. The molecule has 1 atom stereocenters. The largest absolute Gasteiger partial charge is 0.295 e. The number of nitrogens with zero attached hydrogens (tertiary/aromatic N) is 1.